The van der Waals surface area contributed by atoms with Crippen LogP contribution in [0.25, 0.3) is 10.4 Å². The molecule has 2 bridgehead atoms. The van der Waals surface area contributed by atoms with Crippen molar-refractivity contribution in [1.29, 1.82) is 0 Å². The zero-order valence-electron chi connectivity index (χ0n) is 45.5. The van der Waals surface area contributed by atoms with Crippen LogP contribution in [0.3, 0.4) is 0 Å². The molecule has 4 aliphatic rings. The number of azide groups is 1. The van der Waals surface area contributed by atoms with E-state index in [-0.39, 0.29) is 61.6 Å². The predicted octanol–water partition coefficient (Wildman–Crippen LogP) is 8.04. The second-order valence-electron chi connectivity index (χ2n) is 21.4. The molecule has 3 fully saturated rings. The number of carbonyl (C=O) groups is 5. The first kappa shape index (κ1) is 61.0. The van der Waals surface area contributed by atoms with E-state index in [1.165, 1.54) is 7.11 Å². The fraction of sp³-hybridized carbons (Fsp3) is 0.667. The fourth-order valence-electron chi connectivity index (χ4n) is 11.0. The number of benzene rings is 1. The molecular formula is C57H83N5O13. The maximum absolute atomic E-state index is 14.5. The van der Waals surface area contributed by atoms with Gasteiger partial charge in [0.15, 0.2) is 5.78 Å². The summed E-state index contributed by atoms with van der Waals surface area (Å²) in [7, 11) is 4.55. The van der Waals surface area contributed by atoms with Crippen molar-refractivity contribution in [3.8, 4) is 0 Å². The van der Waals surface area contributed by atoms with E-state index in [9.17, 15) is 34.2 Å². The highest BCUT2D eigenvalue weighted by Gasteiger charge is 2.53. The zero-order valence-corrected chi connectivity index (χ0v) is 45.5. The zero-order chi connectivity index (χ0) is 55.0. The molecule has 75 heavy (non-hydrogen) atoms. The molecule has 1 amide bonds. The predicted molar refractivity (Wildman–Crippen MR) is 282 cm³/mol. The molecule has 1 aromatic carbocycles. The van der Waals surface area contributed by atoms with Gasteiger partial charge in [0, 0.05) is 75.1 Å². The molecule has 414 valence electrons. The number of aliphatic hydroxyl groups is 2. The molecule has 3 heterocycles. The Morgan fingerprint density at radius 2 is 1.67 bits per heavy atom. The van der Waals surface area contributed by atoms with Crippen molar-refractivity contribution >= 4 is 34.9 Å². The maximum atomic E-state index is 14.5. The Kier molecular flexibility index (Phi) is 23.6. The van der Waals surface area contributed by atoms with E-state index in [1.54, 1.807) is 66.2 Å². The van der Waals surface area contributed by atoms with Crippen molar-refractivity contribution in [3.05, 3.63) is 87.9 Å². The molecule has 0 aromatic heterocycles. The first-order valence-corrected chi connectivity index (χ1v) is 26.7. The average Bonchev–Trinajstić information content (AvgIpc) is 3.39. The van der Waals surface area contributed by atoms with Crippen LogP contribution in [0.1, 0.15) is 124 Å². The molecule has 4 N–H and O–H groups in total. The molecule has 1 aromatic rings. The number of fused-ring (bicyclic) bond motifs is 3. The van der Waals surface area contributed by atoms with Gasteiger partial charge in [-0.3, -0.25) is 19.2 Å². The van der Waals surface area contributed by atoms with Crippen LogP contribution in [0, 0.1) is 29.6 Å². The number of aliphatic hydroxyl groups excluding tert-OH is 1. The summed E-state index contributed by atoms with van der Waals surface area (Å²) in [5, 5.41) is 27.2. The number of Topliss-reactive ketones (excluding diaryl/α,β-unsaturated/α-hetero) is 3. The van der Waals surface area contributed by atoms with E-state index in [0.29, 0.717) is 75.5 Å². The topological polar surface area (TPSA) is 259 Å². The molecule has 0 spiro atoms. The lowest BCUT2D eigenvalue weighted by Gasteiger charge is -2.42. The lowest BCUT2D eigenvalue weighted by atomic mass is 9.80. The summed E-state index contributed by atoms with van der Waals surface area (Å²) >= 11 is 0. The molecule has 18 heteroatoms. The lowest BCUT2D eigenvalue weighted by molar-refractivity contribution is -0.265. The van der Waals surface area contributed by atoms with Crippen LogP contribution in [0.4, 0.5) is 5.69 Å². The number of ketones is 3. The molecule has 0 unspecified atom stereocenters. The van der Waals surface area contributed by atoms with E-state index in [0.717, 1.165) is 16.0 Å². The Morgan fingerprint density at radius 3 is 2.37 bits per heavy atom. The van der Waals surface area contributed by atoms with Gasteiger partial charge in [0.25, 0.3) is 11.7 Å². The van der Waals surface area contributed by atoms with Crippen molar-refractivity contribution < 1.29 is 62.6 Å². The highest BCUT2D eigenvalue weighted by molar-refractivity contribution is 6.39. The van der Waals surface area contributed by atoms with E-state index in [4.69, 9.17) is 39.7 Å². The summed E-state index contributed by atoms with van der Waals surface area (Å²) in [5.74, 6) is -8.23. The third kappa shape index (κ3) is 16.6. The largest absolute Gasteiger partial charge is 0.459 e. The first-order chi connectivity index (χ1) is 35.7. The monoisotopic (exact) mass is 1050 g/mol. The Balaban J connectivity index is 1.43. The normalized spacial score (nSPS) is 35.3. The van der Waals surface area contributed by atoms with Crippen molar-refractivity contribution in [2.45, 2.75) is 186 Å². The van der Waals surface area contributed by atoms with E-state index >= 15 is 0 Å². The number of cyclic esters (lactones) is 1. The van der Waals surface area contributed by atoms with E-state index in [2.05, 4.69) is 10.0 Å². The van der Waals surface area contributed by atoms with Gasteiger partial charge in [0.05, 0.1) is 31.0 Å². The van der Waals surface area contributed by atoms with Gasteiger partial charge in [-0.15, -0.1) is 0 Å². The second-order valence-corrected chi connectivity index (χ2v) is 21.4. The van der Waals surface area contributed by atoms with Crippen molar-refractivity contribution in [2.75, 3.05) is 27.9 Å². The smallest absolute Gasteiger partial charge is 0.329 e. The number of hydrogen-bond acceptors (Lipinski definition) is 15. The summed E-state index contributed by atoms with van der Waals surface area (Å²) in [6.07, 6.45) is 10.5. The van der Waals surface area contributed by atoms with Gasteiger partial charge >= 0.3 is 5.97 Å². The number of piperidine rings is 1. The molecule has 5 rings (SSSR count). The van der Waals surface area contributed by atoms with E-state index in [1.807, 2.05) is 50.3 Å². The molecule has 1 aliphatic carbocycles. The number of hydrogen-bond donors (Lipinski definition) is 3. The van der Waals surface area contributed by atoms with Crippen LogP contribution in [-0.4, -0.2) is 133 Å². The Morgan fingerprint density at radius 1 is 0.907 bits per heavy atom. The highest BCUT2D eigenvalue weighted by Crippen LogP contribution is 2.38. The standard InChI is InChI=1S/C57H83N5O13/c1-34-16-11-10-12-17-35(2)48(70-7)31-43-23-21-39(6)57(69,75-43)54(66)55(67)62-25-14-13-20-45(62)56(68)74-49(32-46(63)36(3)27-38(5)52(65)53(72-9)51(64)37(4)26-34)44(58)29-40-22-24-47(50(30-40)71-8)73-33-41-18-15-19-42(28-41)60-61-59/h10-12,15-19,27-28,34,36-37,39-40,43-45,47-50,52-53,65,69H,13-14,20-26,29-33,58H2,1-9H3/b12-10?,16-11+,35-17?,38-27+/t34-,36-,37-,39-,40+,43+,44-,45+,47-,48+,49+,50-,52-,53+,57-/m1/s1. The number of esters is 1. The minimum absolute atomic E-state index is 0.00341. The quantitative estimate of drug-likeness (QED) is 0.0501. The molecular weight excluding hydrogens is 963 g/mol. The van der Waals surface area contributed by atoms with Crippen LogP contribution in [-0.2, 0) is 59.0 Å². The van der Waals surface area contributed by atoms with Gasteiger partial charge < -0.3 is 49.3 Å². The Labute approximate surface area is 443 Å². The number of allylic oxidation sites excluding steroid dienone is 6. The third-order valence-electron chi connectivity index (χ3n) is 15.7. The Hall–Kier alpha value is -4.88. The third-order valence-corrected chi connectivity index (χ3v) is 15.7. The maximum Gasteiger partial charge on any atom is 0.329 e. The minimum Gasteiger partial charge on any atom is -0.459 e. The number of carbonyl (C=O) groups excluding carboxylic acids is 5. The first-order valence-electron chi connectivity index (χ1n) is 26.7. The van der Waals surface area contributed by atoms with Crippen LogP contribution < -0.4 is 5.73 Å². The van der Waals surface area contributed by atoms with Crippen LogP contribution in [0.2, 0.25) is 0 Å². The van der Waals surface area contributed by atoms with Gasteiger partial charge in [0.2, 0.25) is 5.79 Å². The highest BCUT2D eigenvalue weighted by atomic mass is 16.6. The van der Waals surface area contributed by atoms with Crippen LogP contribution in [0.15, 0.2) is 77.0 Å². The molecule has 15 atom stereocenters. The van der Waals surface area contributed by atoms with E-state index < -0.39 is 83.8 Å². The summed E-state index contributed by atoms with van der Waals surface area (Å²) in [4.78, 5) is 75.3. The Bertz CT molecular complexity index is 2290. The second kappa shape index (κ2) is 29.0. The van der Waals surface area contributed by atoms with Crippen LogP contribution in [0.5, 0.6) is 0 Å². The average molecular weight is 1050 g/mol. The molecule has 3 aliphatic heterocycles. The summed E-state index contributed by atoms with van der Waals surface area (Å²) < 4.78 is 36.1. The van der Waals surface area contributed by atoms with Crippen molar-refractivity contribution in [2.24, 2.45) is 40.4 Å². The number of ether oxygens (including phenoxy) is 6. The molecule has 0 radical (unpaired) electrons. The minimum atomic E-state index is -2.47. The number of rotatable bonds is 10. The summed E-state index contributed by atoms with van der Waals surface area (Å²) in [5.41, 5.74) is 18.4. The number of nitrogens with zero attached hydrogens (tertiary/aromatic N) is 4. The fourth-order valence-corrected chi connectivity index (χ4v) is 11.0. The van der Waals surface area contributed by atoms with Gasteiger partial charge in [-0.1, -0.05) is 87.5 Å². The number of nitrogens with two attached hydrogens (primary N) is 1. The van der Waals surface area contributed by atoms with Crippen LogP contribution >= 0.6 is 0 Å². The van der Waals surface area contributed by atoms with Gasteiger partial charge in [0.1, 0.15) is 30.1 Å². The summed E-state index contributed by atoms with van der Waals surface area (Å²) in [6, 6.07) is 5.06. The van der Waals surface area contributed by atoms with Crippen molar-refractivity contribution in [3.63, 3.8) is 0 Å². The number of amides is 1. The SMILES string of the molecule is CO[C@H]1C[C@@H]2CC[C@@H](C)[C@@](O)(O2)C(=O)C(=O)N2CCCC[C@H]2C(=O)O[C@H]([C@H](N)C[C@@H]2CC[C@@H](OCc3cccc(N=[N+]=[N-])c3)[C@H](OC)C2)CC(=O)[C@H](C)/C=C(\C)[C@@H](O)[C@@H](OC)C(=O)[C@H](C)C[C@H](C)/C=C/C=CC=C1C. The molecule has 18 nitrogen and oxygen atoms in total. The lowest BCUT2D eigenvalue weighted by Crippen LogP contribution is -2.61. The van der Waals surface area contributed by atoms with Gasteiger partial charge in [-0.25, -0.2) is 4.79 Å². The molecule has 2 saturated heterocycles. The summed E-state index contributed by atoms with van der Waals surface area (Å²) in [6.45, 7) is 11.0. The van der Waals surface area contributed by atoms with Gasteiger partial charge in [-0.2, -0.15) is 0 Å². The van der Waals surface area contributed by atoms with Crippen molar-refractivity contribution in [1.82, 2.24) is 4.90 Å². The molecule has 1 saturated carbocycles. The van der Waals surface area contributed by atoms with Gasteiger partial charge in [-0.05, 0) is 118 Å². The number of methoxy groups -OCH3 is 3.